The molecule has 1 N–H and O–H groups in total. The number of aliphatic hydroxyl groups excluding tert-OH is 1. The van der Waals surface area contributed by atoms with Crippen LogP contribution in [0.2, 0.25) is 0 Å². The van der Waals surface area contributed by atoms with Gasteiger partial charge in [-0.3, -0.25) is 9.78 Å². The van der Waals surface area contributed by atoms with Crippen molar-refractivity contribution in [2.75, 3.05) is 7.05 Å². The number of aryl methyl sites for hydroxylation is 1. The van der Waals surface area contributed by atoms with Gasteiger partial charge in [0.05, 0.1) is 18.7 Å². The average molecular weight is 332 g/mol. The molecule has 3 atom stereocenters. The molecule has 0 spiro atoms. The molecule has 1 aliphatic carbocycles. The van der Waals surface area contributed by atoms with E-state index >= 15 is 0 Å². The molecular weight excluding hydrogens is 312 g/mol. The summed E-state index contributed by atoms with van der Waals surface area (Å²) >= 11 is 0. The van der Waals surface area contributed by atoms with Crippen LogP contribution in [0, 0.1) is 6.92 Å². The summed E-state index contributed by atoms with van der Waals surface area (Å²) in [6, 6.07) is 3.28. The van der Waals surface area contributed by atoms with E-state index in [4.69, 9.17) is 4.74 Å². The zero-order valence-corrected chi connectivity index (χ0v) is 13.6. The molecule has 8 heteroatoms. The van der Waals surface area contributed by atoms with Crippen molar-refractivity contribution in [1.29, 1.82) is 0 Å². The van der Waals surface area contributed by atoms with E-state index in [1.54, 1.807) is 43.4 Å². The summed E-state index contributed by atoms with van der Waals surface area (Å²) in [7, 11) is 1.69. The lowest BCUT2D eigenvalue weighted by Gasteiger charge is -2.28. The Labute approximate surface area is 139 Å². The summed E-state index contributed by atoms with van der Waals surface area (Å²) in [5.74, 6) is 0.473. The number of rotatable bonds is 5. The van der Waals surface area contributed by atoms with E-state index in [2.05, 4.69) is 19.9 Å². The van der Waals surface area contributed by atoms with E-state index in [1.165, 1.54) is 0 Å². The van der Waals surface area contributed by atoms with Crippen molar-refractivity contribution in [3.8, 4) is 5.75 Å². The van der Waals surface area contributed by atoms with E-state index in [1.807, 2.05) is 0 Å². The Bertz CT molecular complexity index is 690. The molecular formula is C16H20N4O4. The van der Waals surface area contributed by atoms with Crippen LogP contribution in [-0.2, 0) is 11.2 Å². The van der Waals surface area contributed by atoms with Crippen LogP contribution in [0.25, 0.3) is 0 Å². The standard InChI is InChI=1S/C16H20N4O4/c1-10-12(19-24-18-10)8-15(21)20(2)13-5-6-14(16(13)22)23-11-4-3-7-17-9-11/h3-4,7,9,13-14,16,22H,5-6,8H2,1-2H3/t13-,14-,16-/m1/s1. The summed E-state index contributed by atoms with van der Waals surface area (Å²) in [5, 5.41) is 17.9. The number of likely N-dealkylation sites (N-methyl/N-ethyl adjacent to an activating group) is 1. The van der Waals surface area contributed by atoms with Crippen LogP contribution in [-0.4, -0.2) is 56.5 Å². The molecule has 2 aromatic rings. The Balaban J connectivity index is 1.60. The van der Waals surface area contributed by atoms with Crippen molar-refractivity contribution < 1.29 is 19.3 Å². The number of carbonyl (C=O) groups excluding carboxylic acids is 1. The minimum absolute atomic E-state index is 0.100. The average Bonchev–Trinajstić information content (AvgIpc) is 3.14. The Morgan fingerprint density at radius 3 is 2.96 bits per heavy atom. The highest BCUT2D eigenvalue weighted by Crippen LogP contribution is 2.28. The minimum Gasteiger partial charge on any atom is -0.486 e. The van der Waals surface area contributed by atoms with Crippen molar-refractivity contribution in [3.05, 3.63) is 35.9 Å². The number of pyridine rings is 1. The molecule has 1 fully saturated rings. The Hall–Kier alpha value is -2.48. The fourth-order valence-electron chi connectivity index (χ4n) is 2.93. The maximum absolute atomic E-state index is 12.4. The second-order valence-electron chi connectivity index (χ2n) is 5.96. The Morgan fingerprint density at radius 1 is 1.46 bits per heavy atom. The second-order valence-corrected chi connectivity index (χ2v) is 5.96. The molecule has 1 aliphatic rings. The summed E-state index contributed by atoms with van der Waals surface area (Å²) in [5.41, 5.74) is 1.11. The lowest BCUT2D eigenvalue weighted by Crippen LogP contribution is -2.46. The summed E-state index contributed by atoms with van der Waals surface area (Å²) < 4.78 is 10.4. The van der Waals surface area contributed by atoms with Gasteiger partial charge in [-0.2, -0.15) is 0 Å². The van der Waals surface area contributed by atoms with Crippen LogP contribution < -0.4 is 4.74 Å². The van der Waals surface area contributed by atoms with Gasteiger partial charge < -0.3 is 14.7 Å². The maximum atomic E-state index is 12.4. The SMILES string of the molecule is Cc1nonc1CC(=O)N(C)[C@@H]1CC[C@@H](Oc2cccnc2)[C@@H]1O. The monoisotopic (exact) mass is 332 g/mol. The van der Waals surface area contributed by atoms with Gasteiger partial charge >= 0.3 is 0 Å². The lowest BCUT2D eigenvalue weighted by molar-refractivity contribution is -0.133. The number of hydrogen-bond donors (Lipinski definition) is 1. The largest absolute Gasteiger partial charge is 0.486 e. The van der Waals surface area contributed by atoms with Crippen LogP contribution in [0.1, 0.15) is 24.2 Å². The van der Waals surface area contributed by atoms with Crippen LogP contribution in [0.4, 0.5) is 0 Å². The lowest BCUT2D eigenvalue weighted by atomic mass is 10.1. The van der Waals surface area contributed by atoms with Gasteiger partial charge in [0.15, 0.2) is 0 Å². The van der Waals surface area contributed by atoms with Gasteiger partial charge in [-0.1, -0.05) is 10.3 Å². The van der Waals surface area contributed by atoms with Crippen molar-refractivity contribution in [2.45, 2.75) is 44.4 Å². The van der Waals surface area contributed by atoms with Crippen LogP contribution in [0.15, 0.2) is 29.2 Å². The van der Waals surface area contributed by atoms with E-state index < -0.39 is 6.10 Å². The number of aromatic nitrogens is 3. The Kier molecular flexibility index (Phi) is 4.75. The van der Waals surface area contributed by atoms with Crippen molar-refractivity contribution in [3.63, 3.8) is 0 Å². The van der Waals surface area contributed by atoms with E-state index in [0.717, 1.165) is 0 Å². The van der Waals surface area contributed by atoms with Gasteiger partial charge in [-0.25, -0.2) is 4.63 Å². The smallest absolute Gasteiger partial charge is 0.228 e. The van der Waals surface area contributed by atoms with Crippen molar-refractivity contribution >= 4 is 5.91 Å². The van der Waals surface area contributed by atoms with Crippen molar-refractivity contribution in [1.82, 2.24) is 20.2 Å². The third-order valence-corrected chi connectivity index (χ3v) is 4.40. The summed E-state index contributed by atoms with van der Waals surface area (Å²) in [4.78, 5) is 18.0. The molecule has 0 unspecified atom stereocenters. The van der Waals surface area contributed by atoms with Gasteiger partial charge in [0.1, 0.15) is 29.3 Å². The van der Waals surface area contributed by atoms with Crippen LogP contribution in [0.5, 0.6) is 5.75 Å². The highest BCUT2D eigenvalue weighted by molar-refractivity contribution is 5.78. The number of nitrogens with zero attached hydrogens (tertiary/aromatic N) is 4. The molecule has 0 saturated heterocycles. The van der Waals surface area contributed by atoms with Gasteiger partial charge in [0.2, 0.25) is 5.91 Å². The van der Waals surface area contributed by atoms with E-state index in [9.17, 15) is 9.90 Å². The first-order chi connectivity index (χ1) is 11.6. The van der Waals surface area contributed by atoms with Crippen LogP contribution >= 0.6 is 0 Å². The van der Waals surface area contributed by atoms with Gasteiger partial charge in [0.25, 0.3) is 0 Å². The van der Waals surface area contributed by atoms with E-state index in [-0.39, 0.29) is 24.5 Å². The quantitative estimate of drug-likeness (QED) is 0.862. The minimum atomic E-state index is -0.754. The number of ether oxygens (including phenoxy) is 1. The van der Waals surface area contributed by atoms with Gasteiger partial charge in [-0.05, 0) is 31.9 Å². The maximum Gasteiger partial charge on any atom is 0.228 e. The topological polar surface area (TPSA) is 102 Å². The van der Waals surface area contributed by atoms with Gasteiger partial charge in [0, 0.05) is 13.2 Å². The highest BCUT2D eigenvalue weighted by Gasteiger charge is 2.40. The predicted octanol–water partition coefficient (Wildman–Crippen LogP) is 0.745. The molecule has 0 bridgehead atoms. The molecule has 8 nitrogen and oxygen atoms in total. The number of hydrogen-bond acceptors (Lipinski definition) is 7. The fraction of sp³-hybridized carbons (Fsp3) is 0.500. The molecule has 0 aromatic carbocycles. The van der Waals surface area contributed by atoms with Gasteiger partial charge in [-0.15, -0.1) is 0 Å². The predicted molar refractivity (Wildman–Crippen MR) is 83.2 cm³/mol. The molecule has 2 aromatic heterocycles. The number of carbonyl (C=O) groups is 1. The molecule has 3 rings (SSSR count). The Morgan fingerprint density at radius 2 is 2.29 bits per heavy atom. The summed E-state index contributed by atoms with van der Waals surface area (Å²) in [6.07, 6.45) is 3.60. The molecule has 1 amide bonds. The zero-order chi connectivity index (χ0) is 17.1. The first kappa shape index (κ1) is 16.4. The third-order valence-electron chi connectivity index (χ3n) is 4.40. The molecule has 0 radical (unpaired) electrons. The van der Waals surface area contributed by atoms with Crippen molar-refractivity contribution in [2.24, 2.45) is 0 Å². The first-order valence-electron chi connectivity index (χ1n) is 7.84. The summed E-state index contributed by atoms with van der Waals surface area (Å²) in [6.45, 7) is 1.74. The fourth-order valence-corrected chi connectivity index (χ4v) is 2.93. The molecule has 24 heavy (non-hydrogen) atoms. The highest BCUT2D eigenvalue weighted by atomic mass is 16.6. The number of amides is 1. The van der Waals surface area contributed by atoms with E-state index in [0.29, 0.717) is 30.0 Å². The normalized spacial score (nSPS) is 23.2. The second kappa shape index (κ2) is 6.96. The number of aliphatic hydroxyl groups is 1. The third kappa shape index (κ3) is 3.38. The van der Waals surface area contributed by atoms with Crippen LogP contribution in [0.3, 0.4) is 0 Å². The molecule has 128 valence electrons. The zero-order valence-electron chi connectivity index (χ0n) is 13.6. The first-order valence-corrected chi connectivity index (χ1v) is 7.84. The molecule has 2 heterocycles. The molecule has 0 aliphatic heterocycles. The molecule has 1 saturated carbocycles.